The minimum atomic E-state index is -0.304. The van der Waals surface area contributed by atoms with E-state index < -0.39 is 0 Å². The van der Waals surface area contributed by atoms with E-state index in [0.717, 1.165) is 28.6 Å². The Balaban J connectivity index is 2.09. The van der Waals surface area contributed by atoms with Crippen LogP contribution >= 0.6 is 23.6 Å². The Labute approximate surface area is 139 Å². The molecule has 0 amide bonds. The van der Waals surface area contributed by atoms with Crippen LogP contribution in [-0.2, 0) is 4.74 Å². The highest BCUT2D eigenvalue weighted by molar-refractivity contribution is 7.80. The number of nitrogens with one attached hydrogen (secondary N) is 2. The maximum atomic E-state index is 11.6. The average molecular weight is 336 g/mol. The first-order valence-electron chi connectivity index (χ1n) is 7.23. The number of fused-ring (bicyclic) bond motifs is 1. The number of carbonyl (C=O) groups is 1. The third kappa shape index (κ3) is 4.18. The Morgan fingerprint density at radius 3 is 2.86 bits per heavy atom. The molecule has 2 rings (SSSR count). The van der Waals surface area contributed by atoms with Crippen LogP contribution in [-0.4, -0.2) is 24.2 Å². The molecular formula is C16H20N2O2S2. The average Bonchev–Trinajstić information content (AvgIpc) is 2.89. The minimum Gasteiger partial charge on any atom is -0.465 e. The molecule has 0 bridgehead atoms. The molecule has 0 saturated carbocycles. The van der Waals surface area contributed by atoms with Crippen LogP contribution in [0.1, 0.15) is 36.4 Å². The summed E-state index contributed by atoms with van der Waals surface area (Å²) < 4.78 is 5.80. The zero-order valence-corrected chi connectivity index (χ0v) is 14.6. The maximum absolute atomic E-state index is 11.6. The normalized spacial score (nSPS) is 12.0. The monoisotopic (exact) mass is 336 g/mol. The molecule has 118 valence electrons. The molecule has 22 heavy (non-hydrogen) atoms. The molecule has 2 aromatic rings. The standard InChI is InChI=1S/C16H20N2O2S2/c1-4-5-10(2)17-16(21)18-12-6-7-13-11(8-12)9-14(22-13)15(19)20-3/h6-10H,4-5H2,1-3H3,(H2,17,18,21)/t10-/m1/s1. The van der Waals surface area contributed by atoms with Crippen molar-refractivity contribution in [2.45, 2.75) is 32.7 Å². The lowest BCUT2D eigenvalue weighted by Crippen LogP contribution is -2.35. The summed E-state index contributed by atoms with van der Waals surface area (Å²) in [5.41, 5.74) is 0.905. The predicted octanol–water partition coefficient (Wildman–Crippen LogP) is 4.16. The van der Waals surface area contributed by atoms with Crippen LogP contribution in [0.5, 0.6) is 0 Å². The molecule has 6 heteroatoms. The summed E-state index contributed by atoms with van der Waals surface area (Å²) in [5.74, 6) is -0.304. The van der Waals surface area contributed by atoms with E-state index in [9.17, 15) is 4.79 Å². The van der Waals surface area contributed by atoms with Gasteiger partial charge >= 0.3 is 5.97 Å². The zero-order valence-electron chi connectivity index (χ0n) is 12.9. The number of hydrogen-bond acceptors (Lipinski definition) is 4. The number of thiocarbonyl (C=S) groups is 1. The van der Waals surface area contributed by atoms with Crippen LogP contribution in [0.2, 0.25) is 0 Å². The van der Waals surface area contributed by atoms with Crippen molar-refractivity contribution < 1.29 is 9.53 Å². The summed E-state index contributed by atoms with van der Waals surface area (Å²) in [5, 5.41) is 8.06. The van der Waals surface area contributed by atoms with Crippen LogP contribution in [0.4, 0.5) is 5.69 Å². The molecule has 0 saturated heterocycles. The number of carbonyl (C=O) groups excluding carboxylic acids is 1. The first-order chi connectivity index (χ1) is 10.5. The number of anilines is 1. The Hall–Kier alpha value is -1.66. The zero-order chi connectivity index (χ0) is 16.1. The van der Waals surface area contributed by atoms with Gasteiger partial charge in [-0.25, -0.2) is 4.79 Å². The van der Waals surface area contributed by atoms with E-state index in [1.807, 2.05) is 24.3 Å². The number of thiophene rings is 1. The van der Waals surface area contributed by atoms with Crippen molar-refractivity contribution in [2.75, 3.05) is 12.4 Å². The lowest BCUT2D eigenvalue weighted by Gasteiger charge is -2.16. The molecule has 0 fully saturated rings. The summed E-state index contributed by atoms with van der Waals surface area (Å²) in [6, 6.07) is 8.11. The van der Waals surface area contributed by atoms with Crippen LogP contribution in [0.25, 0.3) is 10.1 Å². The van der Waals surface area contributed by atoms with Gasteiger partial charge in [0.2, 0.25) is 0 Å². The fourth-order valence-corrected chi connectivity index (χ4v) is 3.50. The van der Waals surface area contributed by atoms with E-state index in [1.165, 1.54) is 18.4 Å². The molecule has 4 nitrogen and oxygen atoms in total. The van der Waals surface area contributed by atoms with E-state index >= 15 is 0 Å². The second kappa shape index (κ2) is 7.56. The minimum absolute atomic E-state index is 0.304. The highest BCUT2D eigenvalue weighted by atomic mass is 32.1. The summed E-state index contributed by atoms with van der Waals surface area (Å²) in [6.07, 6.45) is 2.20. The van der Waals surface area contributed by atoms with Gasteiger partial charge in [-0.3, -0.25) is 0 Å². The van der Waals surface area contributed by atoms with Crippen molar-refractivity contribution in [2.24, 2.45) is 0 Å². The molecule has 0 unspecified atom stereocenters. The highest BCUT2D eigenvalue weighted by Crippen LogP contribution is 2.28. The second-order valence-corrected chi connectivity index (χ2v) is 6.64. The van der Waals surface area contributed by atoms with Gasteiger partial charge in [-0.05, 0) is 55.2 Å². The van der Waals surface area contributed by atoms with Gasteiger partial charge in [0.1, 0.15) is 4.88 Å². The molecule has 1 heterocycles. The Morgan fingerprint density at radius 2 is 2.18 bits per heavy atom. The van der Waals surface area contributed by atoms with E-state index in [2.05, 4.69) is 24.5 Å². The van der Waals surface area contributed by atoms with Crippen molar-refractivity contribution in [3.8, 4) is 0 Å². The lowest BCUT2D eigenvalue weighted by atomic mass is 10.2. The van der Waals surface area contributed by atoms with Gasteiger partial charge in [0.15, 0.2) is 5.11 Å². The molecule has 2 N–H and O–H groups in total. The van der Waals surface area contributed by atoms with Crippen molar-refractivity contribution in [1.82, 2.24) is 5.32 Å². The van der Waals surface area contributed by atoms with Crippen molar-refractivity contribution in [1.29, 1.82) is 0 Å². The fraction of sp³-hybridized carbons (Fsp3) is 0.375. The van der Waals surface area contributed by atoms with E-state index in [0.29, 0.717) is 16.0 Å². The number of esters is 1. The Morgan fingerprint density at radius 1 is 1.41 bits per heavy atom. The fourth-order valence-electron chi connectivity index (χ4n) is 2.22. The quantitative estimate of drug-likeness (QED) is 0.634. The van der Waals surface area contributed by atoms with Gasteiger partial charge in [0, 0.05) is 16.4 Å². The first-order valence-corrected chi connectivity index (χ1v) is 8.45. The predicted molar refractivity (Wildman–Crippen MR) is 96.9 cm³/mol. The summed E-state index contributed by atoms with van der Waals surface area (Å²) in [6.45, 7) is 4.26. The molecule has 1 aromatic carbocycles. The molecule has 0 aliphatic carbocycles. The Bertz CT molecular complexity index is 682. The number of benzene rings is 1. The highest BCUT2D eigenvalue weighted by Gasteiger charge is 2.11. The third-order valence-corrected chi connectivity index (χ3v) is 4.58. The Kier molecular flexibility index (Phi) is 5.74. The molecule has 0 aliphatic heterocycles. The van der Waals surface area contributed by atoms with Gasteiger partial charge in [-0.2, -0.15) is 0 Å². The van der Waals surface area contributed by atoms with Crippen molar-refractivity contribution >= 4 is 50.4 Å². The molecular weight excluding hydrogens is 316 g/mol. The molecule has 1 atom stereocenters. The number of hydrogen-bond donors (Lipinski definition) is 2. The topological polar surface area (TPSA) is 50.4 Å². The van der Waals surface area contributed by atoms with E-state index in [4.69, 9.17) is 17.0 Å². The number of ether oxygens (including phenoxy) is 1. The lowest BCUT2D eigenvalue weighted by molar-refractivity contribution is 0.0606. The number of methoxy groups -OCH3 is 1. The summed E-state index contributed by atoms with van der Waals surface area (Å²) in [7, 11) is 1.39. The molecule has 0 radical (unpaired) electrons. The summed E-state index contributed by atoms with van der Waals surface area (Å²) >= 11 is 6.75. The van der Waals surface area contributed by atoms with Crippen molar-refractivity contribution in [3.05, 3.63) is 29.1 Å². The largest absolute Gasteiger partial charge is 0.465 e. The third-order valence-electron chi connectivity index (χ3n) is 3.26. The van der Waals surface area contributed by atoms with Crippen molar-refractivity contribution in [3.63, 3.8) is 0 Å². The van der Waals surface area contributed by atoms with Crippen LogP contribution in [0.3, 0.4) is 0 Å². The second-order valence-electron chi connectivity index (χ2n) is 5.14. The molecule has 0 spiro atoms. The van der Waals surface area contributed by atoms with Gasteiger partial charge < -0.3 is 15.4 Å². The van der Waals surface area contributed by atoms with Crippen LogP contribution < -0.4 is 10.6 Å². The maximum Gasteiger partial charge on any atom is 0.348 e. The van der Waals surface area contributed by atoms with E-state index in [-0.39, 0.29) is 5.97 Å². The molecule has 1 aromatic heterocycles. The van der Waals surface area contributed by atoms with Gasteiger partial charge in [0.25, 0.3) is 0 Å². The first kappa shape index (κ1) is 16.7. The van der Waals surface area contributed by atoms with Gasteiger partial charge in [-0.15, -0.1) is 11.3 Å². The van der Waals surface area contributed by atoms with E-state index in [1.54, 1.807) is 0 Å². The van der Waals surface area contributed by atoms with Crippen LogP contribution in [0.15, 0.2) is 24.3 Å². The van der Waals surface area contributed by atoms with Gasteiger partial charge in [-0.1, -0.05) is 13.3 Å². The smallest absolute Gasteiger partial charge is 0.348 e. The molecule has 0 aliphatic rings. The summed E-state index contributed by atoms with van der Waals surface area (Å²) in [4.78, 5) is 12.2. The van der Waals surface area contributed by atoms with Crippen LogP contribution in [0, 0.1) is 0 Å². The SMILES string of the molecule is CCC[C@@H](C)NC(=S)Nc1ccc2sc(C(=O)OC)cc2c1. The van der Waals surface area contributed by atoms with Gasteiger partial charge in [0.05, 0.1) is 7.11 Å². The number of rotatable bonds is 5.